The van der Waals surface area contributed by atoms with Gasteiger partial charge in [-0.2, -0.15) is 0 Å². The van der Waals surface area contributed by atoms with Crippen LogP contribution in [0, 0.1) is 6.92 Å². The third-order valence-electron chi connectivity index (χ3n) is 2.53. The predicted molar refractivity (Wildman–Crippen MR) is 80.1 cm³/mol. The summed E-state index contributed by atoms with van der Waals surface area (Å²) in [6, 6.07) is 4.55. The lowest BCUT2D eigenvalue weighted by Crippen LogP contribution is -2.28. The number of hydrogen-bond acceptors (Lipinski definition) is 4. The van der Waals surface area contributed by atoms with Crippen molar-refractivity contribution in [3.8, 4) is 0 Å². The van der Waals surface area contributed by atoms with Crippen molar-refractivity contribution < 1.29 is 9.90 Å². The molecule has 1 unspecified atom stereocenters. The SMILES string of the molecule is Cc1cnc(CNC(=O)C(O)c2cc(Cl)cc(Cl)c2)s1. The zero-order valence-electron chi connectivity index (χ0n) is 10.6. The number of nitrogens with one attached hydrogen (secondary N) is 1. The number of rotatable bonds is 4. The molecular weight excluding hydrogens is 319 g/mol. The third-order valence-corrected chi connectivity index (χ3v) is 3.88. The van der Waals surface area contributed by atoms with E-state index in [0.717, 1.165) is 9.88 Å². The second-order valence-electron chi connectivity index (χ2n) is 4.19. The molecule has 2 rings (SSSR count). The molecule has 0 aliphatic carbocycles. The highest BCUT2D eigenvalue weighted by Gasteiger charge is 2.18. The van der Waals surface area contributed by atoms with Crippen LogP contribution in [0.5, 0.6) is 0 Å². The quantitative estimate of drug-likeness (QED) is 0.905. The number of aryl methyl sites for hydroxylation is 1. The third kappa shape index (κ3) is 3.93. The number of halogens is 2. The molecular formula is C13H12Cl2N2O2S. The topological polar surface area (TPSA) is 62.2 Å². The molecule has 20 heavy (non-hydrogen) atoms. The number of thiazole rings is 1. The summed E-state index contributed by atoms with van der Waals surface area (Å²) in [5.74, 6) is -0.517. The Labute approximate surface area is 130 Å². The molecule has 1 aromatic heterocycles. The molecule has 1 atom stereocenters. The van der Waals surface area contributed by atoms with E-state index in [1.165, 1.54) is 29.5 Å². The van der Waals surface area contributed by atoms with Crippen LogP contribution in [0.4, 0.5) is 0 Å². The number of carbonyl (C=O) groups excluding carboxylic acids is 1. The zero-order valence-corrected chi connectivity index (χ0v) is 12.9. The van der Waals surface area contributed by atoms with Crippen LogP contribution in [0.25, 0.3) is 0 Å². The molecule has 106 valence electrons. The van der Waals surface area contributed by atoms with Crippen LogP contribution in [-0.2, 0) is 11.3 Å². The van der Waals surface area contributed by atoms with Crippen molar-refractivity contribution in [3.63, 3.8) is 0 Å². The van der Waals surface area contributed by atoms with Crippen molar-refractivity contribution in [2.45, 2.75) is 19.6 Å². The van der Waals surface area contributed by atoms with E-state index in [1.54, 1.807) is 6.20 Å². The van der Waals surface area contributed by atoms with E-state index < -0.39 is 12.0 Å². The number of nitrogens with zero attached hydrogens (tertiary/aromatic N) is 1. The molecule has 0 fully saturated rings. The van der Waals surface area contributed by atoms with Gasteiger partial charge < -0.3 is 10.4 Å². The molecule has 0 radical (unpaired) electrons. The predicted octanol–water partition coefficient (Wildman–Crippen LogP) is 3.11. The number of amides is 1. The van der Waals surface area contributed by atoms with E-state index >= 15 is 0 Å². The number of hydrogen-bond donors (Lipinski definition) is 2. The lowest BCUT2D eigenvalue weighted by molar-refractivity contribution is -0.129. The smallest absolute Gasteiger partial charge is 0.253 e. The van der Waals surface area contributed by atoms with Gasteiger partial charge in [0, 0.05) is 21.1 Å². The molecule has 0 saturated heterocycles. The van der Waals surface area contributed by atoms with Gasteiger partial charge in [0.2, 0.25) is 0 Å². The van der Waals surface area contributed by atoms with Gasteiger partial charge in [-0.1, -0.05) is 23.2 Å². The van der Waals surface area contributed by atoms with Gasteiger partial charge in [-0.05, 0) is 30.7 Å². The standard InChI is InChI=1S/C13H12Cl2N2O2S/c1-7-5-16-11(20-7)6-17-13(19)12(18)8-2-9(14)4-10(15)3-8/h2-5,12,18H,6H2,1H3,(H,17,19). The van der Waals surface area contributed by atoms with Gasteiger partial charge in [0.1, 0.15) is 5.01 Å². The largest absolute Gasteiger partial charge is 0.378 e. The first kappa shape index (κ1) is 15.3. The van der Waals surface area contributed by atoms with Crippen molar-refractivity contribution >= 4 is 40.4 Å². The molecule has 0 aliphatic heterocycles. The molecule has 1 heterocycles. The highest BCUT2D eigenvalue weighted by molar-refractivity contribution is 7.11. The number of aromatic nitrogens is 1. The highest BCUT2D eigenvalue weighted by atomic mass is 35.5. The summed E-state index contributed by atoms with van der Waals surface area (Å²) in [5, 5.41) is 14.1. The molecule has 1 aromatic carbocycles. The van der Waals surface area contributed by atoms with Crippen molar-refractivity contribution in [2.24, 2.45) is 0 Å². The summed E-state index contributed by atoms with van der Waals surface area (Å²) in [6.45, 7) is 2.22. The van der Waals surface area contributed by atoms with E-state index in [-0.39, 0.29) is 6.54 Å². The van der Waals surface area contributed by atoms with Gasteiger partial charge in [0.25, 0.3) is 5.91 Å². The average molecular weight is 331 g/mol. The van der Waals surface area contributed by atoms with Crippen LogP contribution in [0.2, 0.25) is 10.0 Å². The summed E-state index contributed by atoms with van der Waals surface area (Å²) in [4.78, 5) is 17.1. The second-order valence-corrected chi connectivity index (χ2v) is 6.38. The number of aliphatic hydroxyl groups excluding tert-OH is 1. The number of aliphatic hydroxyl groups is 1. The minimum Gasteiger partial charge on any atom is -0.378 e. The van der Waals surface area contributed by atoms with Crippen molar-refractivity contribution in [1.82, 2.24) is 10.3 Å². The minimum atomic E-state index is -1.31. The van der Waals surface area contributed by atoms with Gasteiger partial charge in [0.05, 0.1) is 6.54 Å². The maximum absolute atomic E-state index is 11.9. The minimum absolute atomic E-state index is 0.280. The lowest BCUT2D eigenvalue weighted by atomic mass is 10.1. The molecule has 0 spiro atoms. The Morgan fingerprint density at radius 3 is 2.60 bits per heavy atom. The van der Waals surface area contributed by atoms with Gasteiger partial charge in [-0.3, -0.25) is 4.79 Å². The fraction of sp³-hybridized carbons (Fsp3) is 0.231. The summed E-state index contributed by atoms with van der Waals surface area (Å²) in [7, 11) is 0. The average Bonchev–Trinajstić information content (AvgIpc) is 2.79. The van der Waals surface area contributed by atoms with Gasteiger partial charge in [-0.25, -0.2) is 4.98 Å². The molecule has 0 bridgehead atoms. The zero-order chi connectivity index (χ0) is 14.7. The highest BCUT2D eigenvalue weighted by Crippen LogP contribution is 2.23. The van der Waals surface area contributed by atoms with Crippen molar-refractivity contribution in [3.05, 3.63) is 49.9 Å². The summed E-state index contributed by atoms with van der Waals surface area (Å²) in [5.41, 5.74) is 0.357. The van der Waals surface area contributed by atoms with Crippen LogP contribution in [-0.4, -0.2) is 16.0 Å². The number of carbonyl (C=O) groups is 1. The Morgan fingerprint density at radius 1 is 1.40 bits per heavy atom. The first-order chi connectivity index (χ1) is 9.45. The maximum Gasteiger partial charge on any atom is 0.253 e. The van der Waals surface area contributed by atoms with Crippen LogP contribution < -0.4 is 5.32 Å². The Morgan fingerprint density at radius 2 is 2.05 bits per heavy atom. The van der Waals surface area contributed by atoms with Gasteiger partial charge in [-0.15, -0.1) is 11.3 Å². The Hall–Kier alpha value is -1.14. The van der Waals surface area contributed by atoms with Crippen LogP contribution in [0.3, 0.4) is 0 Å². The Balaban J connectivity index is 2.01. The van der Waals surface area contributed by atoms with E-state index in [4.69, 9.17) is 23.2 Å². The van der Waals surface area contributed by atoms with E-state index in [2.05, 4.69) is 10.3 Å². The molecule has 1 amide bonds. The number of benzene rings is 1. The summed E-state index contributed by atoms with van der Waals surface area (Å²) >= 11 is 13.2. The summed E-state index contributed by atoms with van der Waals surface area (Å²) in [6.07, 6.45) is 0.423. The fourth-order valence-electron chi connectivity index (χ4n) is 1.63. The van der Waals surface area contributed by atoms with Crippen molar-refractivity contribution in [2.75, 3.05) is 0 Å². The second kappa shape index (κ2) is 6.54. The maximum atomic E-state index is 11.9. The molecule has 7 heteroatoms. The van der Waals surface area contributed by atoms with Crippen LogP contribution in [0.15, 0.2) is 24.4 Å². The first-order valence-electron chi connectivity index (χ1n) is 5.79. The lowest BCUT2D eigenvalue weighted by Gasteiger charge is -2.11. The van der Waals surface area contributed by atoms with E-state index in [9.17, 15) is 9.90 Å². The summed E-state index contributed by atoms with van der Waals surface area (Å²) < 4.78 is 0. The van der Waals surface area contributed by atoms with E-state index in [0.29, 0.717) is 15.6 Å². The normalized spacial score (nSPS) is 12.2. The van der Waals surface area contributed by atoms with Crippen LogP contribution in [0.1, 0.15) is 21.6 Å². The fourth-order valence-corrected chi connectivity index (χ4v) is 2.90. The molecule has 0 aliphatic rings. The van der Waals surface area contributed by atoms with Gasteiger partial charge >= 0.3 is 0 Å². The Kier molecular flexibility index (Phi) is 4.99. The van der Waals surface area contributed by atoms with Gasteiger partial charge in [0.15, 0.2) is 6.10 Å². The molecule has 0 saturated carbocycles. The Bertz CT molecular complexity index is 610. The van der Waals surface area contributed by atoms with Crippen molar-refractivity contribution in [1.29, 1.82) is 0 Å². The molecule has 2 aromatic rings. The monoisotopic (exact) mass is 330 g/mol. The van der Waals surface area contributed by atoms with Crippen LogP contribution >= 0.6 is 34.5 Å². The molecule has 2 N–H and O–H groups in total. The molecule has 4 nitrogen and oxygen atoms in total. The van der Waals surface area contributed by atoms with E-state index in [1.807, 2.05) is 6.92 Å². The first-order valence-corrected chi connectivity index (χ1v) is 7.36.